The lowest BCUT2D eigenvalue weighted by Gasteiger charge is -2.08. The normalized spacial score (nSPS) is 14.9. The van der Waals surface area contributed by atoms with Crippen molar-refractivity contribution in [2.24, 2.45) is 0 Å². The molecule has 0 fully saturated rings. The summed E-state index contributed by atoms with van der Waals surface area (Å²) in [5.74, 6) is 0. The molecule has 100 valence electrons. The van der Waals surface area contributed by atoms with E-state index in [1.807, 2.05) is 0 Å². The Hall–Kier alpha value is -1.28. The highest BCUT2D eigenvalue weighted by Gasteiger charge is 2.19. The van der Waals surface area contributed by atoms with E-state index in [1.165, 1.54) is 0 Å². The number of nitrogens with one attached hydrogen (secondary N) is 2. The van der Waals surface area contributed by atoms with Crippen LogP contribution in [-0.2, 0) is 26.3 Å². The molecule has 0 bridgehead atoms. The summed E-state index contributed by atoms with van der Waals surface area (Å²) in [7, 11) is -7.44. The Morgan fingerprint density at radius 1 is 1.28 bits per heavy atom. The van der Waals surface area contributed by atoms with Crippen LogP contribution in [0, 0.1) is 0 Å². The van der Waals surface area contributed by atoms with Gasteiger partial charge in [0.1, 0.15) is 0 Å². The van der Waals surface area contributed by atoms with Crippen molar-refractivity contribution in [1.82, 2.24) is 0 Å². The molecule has 1 aliphatic rings. The minimum Gasteiger partial charge on any atom is -0.384 e. The second kappa shape index (κ2) is 4.43. The van der Waals surface area contributed by atoms with Gasteiger partial charge in [0.05, 0.1) is 0 Å². The van der Waals surface area contributed by atoms with Crippen molar-refractivity contribution >= 4 is 31.2 Å². The van der Waals surface area contributed by atoms with Crippen molar-refractivity contribution in [3.63, 3.8) is 0 Å². The fourth-order valence-corrected chi connectivity index (χ4v) is 4.84. The Morgan fingerprint density at radius 2 is 2.00 bits per heavy atom. The fraction of sp³-hybridized carbons (Fsp3) is 0.400. The van der Waals surface area contributed by atoms with E-state index in [0.717, 1.165) is 30.5 Å². The van der Waals surface area contributed by atoms with E-state index in [0.29, 0.717) is 5.69 Å². The van der Waals surface area contributed by atoms with Crippen molar-refractivity contribution in [2.75, 3.05) is 27.9 Å². The van der Waals surface area contributed by atoms with Gasteiger partial charge in [-0.05, 0) is 30.2 Å². The molecule has 1 aromatic carbocycles. The first-order valence-corrected chi connectivity index (χ1v) is 9.01. The smallest absolute Gasteiger partial charge is 0.247 e. The molecular weight excluding hydrogens is 276 g/mol. The second-order valence-corrected chi connectivity index (χ2v) is 8.54. The van der Waals surface area contributed by atoms with Crippen LogP contribution in [-0.4, -0.2) is 34.7 Å². The van der Waals surface area contributed by atoms with Crippen LogP contribution in [0.15, 0.2) is 18.2 Å². The Bertz CT molecular complexity index is 665. The molecule has 1 heterocycles. The van der Waals surface area contributed by atoms with Gasteiger partial charge in [-0.25, -0.2) is 16.8 Å². The number of sulfone groups is 1. The number of sulfonamides is 1. The molecule has 0 aliphatic carbocycles. The van der Waals surface area contributed by atoms with Crippen molar-refractivity contribution in [3.8, 4) is 0 Å². The minimum absolute atomic E-state index is 0.390. The van der Waals surface area contributed by atoms with Gasteiger partial charge in [0.15, 0.2) is 14.9 Å². The maximum absolute atomic E-state index is 11.6. The number of hydrogen-bond acceptors (Lipinski definition) is 5. The molecule has 0 radical (unpaired) electrons. The van der Waals surface area contributed by atoms with E-state index < -0.39 is 24.9 Å². The first-order valence-electron chi connectivity index (χ1n) is 5.30. The second-order valence-electron chi connectivity index (χ2n) is 4.31. The van der Waals surface area contributed by atoms with Crippen LogP contribution in [0.4, 0.5) is 11.4 Å². The summed E-state index contributed by atoms with van der Waals surface area (Å²) < 4.78 is 47.5. The summed E-state index contributed by atoms with van der Waals surface area (Å²) in [5.41, 5.74) is 2.40. The molecule has 1 aliphatic heterocycles. The van der Waals surface area contributed by atoms with Gasteiger partial charge in [0, 0.05) is 24.2 Å². The quantitative estimate of drug-likeness (QED) is 0.837. The van der Waals surface area contributed by atoms with Crippen LogP contribution in [0.25, 0.3) is 0 Å². The third-order valence-corrected chi connectivity index (χ3v) is 5.96. The van der Waals surface area contributed by atoms with Gasteiger partial charge < -0.3 is 5.32 Å². The molecule has 0 amide bonds. The Labute approximate surface area is 106 Å². The summed E-state index contributed by atoms with van der Waals surface area (Å²) in [6.45, 7) is 0.828. The molecule has 0 saturated heterocycles. The molecule has 1 aromatic rings. The molecule has 2 N–H and O–H groups in total. The maximum Gasteiger partial charge on any atom is 0.247 e. The lowest BCUT2D eigenvalue weighted by Crippen LogP contribution is -2.22. The van der Waals surface area contributed by atoms with Crippen molar-refractivity contribution in [3.05, 3.63) is 23.8 Å². The SMILES string of the molecule is CS(=O)(=O)CS(=O)(=O)Nc1ccc2c(c1)CCN2. The number of benzene rings is 1. The molecule has 18 heavy (non-hydrogen) atoms. The highest BCUT2D eigenvalue weighted by atomic mass is 32.3. The molecule has 2 rings (SSSR count). The summed E-state index contributed by atoms with van der Waals surface area (Å²) in [4.78, 5) is 0. The van der Waals surface area contributed by atoms with Gasteiger partial charge in [0.2, 0.25) is 10.0 Å². The fourth-order valence-electron chi connectivity index (χ4n) is 1.86. The minimum atomic E-state index is -3.87. The van der Waals surface area contributed by atoms with Crippen LogP contribution < -0.4 is 10.0 Å². The third-order valence-electron chi connectivity index (χ3n) is 2.46. The zero-order valence-electron chi connectivity index (χ0n) is 9.80. The van der Waals surface area contributed by atoms with E-state index in [1.54, 1.807) is 18.2 Å². The predicted octanol–water partition coefficient (Wildman–Crippen LogP) is 0.398. The van der Waals surface area contributed by atoms with Gasteiger partial charge >= 0.3 is 0 Å². The topological polar surface area (TPSA) is 92.3 Å². The molecule has 0 aromatic heterocycles. The van der Waals surface area contributed by atoms with Crippen LogP contribution in [0.1, 0.15) is 5.56 Å². The third kappa shape index (κ3) is 3.36. The van der Waals surface area contributed by atoms with Gasteiger partial charge in [-0.2, -0.15) is 0 Å². The lowest BCUT2D eigenvalue weighted by atomic mass is 10.1. The lowest BCUT2D eigenvalue weighted by molar-refractivity contribution is 0.595. The highest BCUT2D eigenvalue weighted by molar-refractivity contribution is 8.08. The molecular formula is C10H14N2O4S2. The van der Waals surface area contributed by atoms with Crippen LogP contribution in [0.5, 0.6) is 0 Å². The van der Waals surface area contributed by atoms with E-state index in [4.69, 9.17) is 0 Å². The van der Waals surface area contributed by atoms with Gasteiger partial charge in [-0.15, -0.1) is 0 Å². The first kappa shape index (κ1) is 13.2. The van der Waals surface area contributed by atoms with Gasteiger partial charge in [0.25, 0.3) is 0 Å². The number of fused-ring (bicyclic) bond motifs is 1. The zero-order chi connectivity index (χ0) is 13.4. The van der Waals surface area contributed by atoms with Crippen molar-refractivity contribution < 1.29 is 16.8 Å². The summed E-state index contributed by atoms with van der Waals surface area (Å²) in [6, 6.07) is 5.10. The summed E-state index contributed by atoms with van der Waals surface area (Å²) in [5, 5.41) is 2.25. The average Bonchev–Trinajstić information content (AvgIpc) is 2.59. The standard InChI is InChI=1S/C10H14N2O4S2/c1-17(13,14)7-18(15,16)12-9-2-3-10-8(6-9)4-5-11-10/h2-3,6,11-12H,4-5,7H2,1H3. The molecule has 0 unspecified atom stereocenters. The van der Waals surface area contributed by atoms with Gasteiger partial charge in [-0.1, -0.05) is 0 Å². The van der Waals surface area contributed by atoms with E-state index in [2.05, 4.69) is 10.0 Å². The number of anilines is 2. The van der Waals surface area contributed by atoms with Crippen molar-refractivity contribution in [1.29, 1.82) is 0 Å². The molecule has 0 atom stereocenters. The van der Waals surface area contributed by atoms with Crippen LogP contribution >= 0.6 is 0 Å². The van der Waals surface area contributed by atoms with Crippen LogP contribution in [0.3, 0.4) is 0 Å². The molecule has 0 spiro atoms. The Morgan fingerprint density at radius 3 is 2.67 bits per heavy atom. The number of rotatable bonds is 4. The van der Waals surface area contributed by atoms with Crippen molar-refractivity contribution in [2.45, 2.75) is 6.42 Å². The van der Waals surface area contributed by atoms with E-state index >= 15 is 0 Å². The van der Waals surface area contributed by atoms with Crippen LogP contribution in [0.2, 0.25) is 0 Å². The molecule has 8 heteroatoms. The number of hydrogen-bond donors (Lipinski definition) is 2. The zero-order valence-corrected chi connectivity index (χ0v) is 11.4. The monoisotopic (exact) mass is 290 g/mol. The maximum atomic E-state index is 11.6. The van der Waals surface area contributed by atoms with E-state index in [-0.39, 0.29) is 0 Å². The summed E-state index contributed by atoms with van der Waals surface area (Å²) in [6.07, 6.45) is 1.72. The molecule has 6 nitrogen and oxygen atoms in total. The van der Waals surface area contributed by atoms with Gasteiger partial charge in [-0.3, -0.25) is 4.72 Å². The summed E-state index contributed by atoms with van der Waals surface area (Å²) >= 11 is 0. The average molecular weight is 290 g/mol. The molecule has 0 saturated carbocycles. The highest BCUT2D eigenvalue weighted by Crippen LogP contribution is 2.25. The largest absolute Gasteiger partial charge is 0.384 e. The Balaban J connectivity index is 2.19. The predicted molar refractivity (Wildman–Crippen MR) is 70.9 cm³/mol. The van der Waals surface area contributed by atoms with E-state index in [9.17, 15) is 16.8 Å². The first-order chi connectivity index (χ1) is 8.25. The Kier molecular flexibility index (Phi) is 3.24.